The van der Waals surface area contributed by atoms with Crippen LogP contribution in [0.4, 0.5) is 10.1 Å². The number of pyridine rings is 1. The monoisotopic (exact) mass is 230 g/mol. The molecule has 1 aromatic rings. The van der Waals surface area contributed by atoms with Crippen LogP contribution >= 0.6 is 0 Å². The lowest BCUT2D eigenvalue weighted by Crippen LogP contribution is -2.27. The van der Waals surface area contributed by atoms with E-state index in [0.29, 0.717) is 12.8 Å². The molecule has 15 heavy (non-hydrogen) atoms. The van der Waals surface area contributed by atoms with Crippen molar-refractivity contribution in [2.24, 2.45) is 0 Å². The summed E-state index contributed by atoms with van der Waals surface area (Å²) in [5, 5.41) is 0. The Bertz CT molecular complexity index is 483. The second-order valence-electron chi connectivity index (χ2n) is 3.90. The molecule has 0 amide bonds. The molecule has 2 rings (SSSR count). The molecule has 6 heteroatoms. The number of halogens is 1. The summed E-state index contributed by atoms with van der Waals surface area (Å²) >= 11 is 0. The van der Waals surface area contributed by atoms with Crippen LogP contribution in [0.2, 0.25) is 0 Å². The molecule has 0 unspecified atom stereocenters. The summed E-state index contributed by atoms with van der Waals surface area (Å²) < 4.78 is 38.0. The van der Waals surface area contributed by atoms with E-state index >= 15 is 0 Å². The number of anilines is 1. The van der Waals surface area contributed by atoms with Gasteiger partial charge in [-0.2, -0.15) is 4.39 Å². The molecule has 4 nitrogen and oxygen atoms in total. The lowest BCUT2D eigenvalue weighted by Gasteiger charge is -2.12. The number of hydrogen-bond donors (Lipinski definition) is 1. The predicted octanol–water partition coefficient (Wildman–Crippen LogP) is 1.51. The zero-order valence-corrected chi connectivity index (χ0v) is 9.01. The zero-order chi connectivity index (χ0) is 11.1. The summed E-state index contributed by atoms with van der Waals surface area (Å²) in [4.78, 5) is 3.37. The largest absolute Gasteiger partial charge is 0.278 e. The SMILES string of the molecule is CC1(S(=O)(=O)Nc2cccnc2F)CC1. The van der Waals surface area contributed by atoms with Gasteiger partial charge in [0.25, 0.3) is 0 Å². The van der Waals surface area contributed by atoms with Crippen LogP contribution in [0, 0.1) is 5.95 Å². The van der Waals surface area contributed by atoms with Crippen LogP contribution in [0.5, 0.6) is 0 Å². The first kappa shape index (κ1) is 10.4. The van der Waals surface area contributed by atoms with Crippen molar-refractivity contribution in [3.8, 4) is 0 Å². The summed E-state index contributed by atoms with van der Waals surface area (Å²) in [5.74, 6) is -0.801. The van der Waals surface area contributed by atoms with Crippen molar-refractivity contribution in [1.82, 2.24) is 4.98 Å². The maximum Gasteiger partial charge on any atom is 0.238 e. The van der Waals surface area contributed by atoms with Crippen molar-refractivity contribution in [2.45, 2.75) is 24.5 Å². The molecule has 0 aliphatic heterocycles. The van der Waals surface area contributed by atoms with Gasteiger partial charge >= 0.3 is 0 Å². The van der Waals surface area contributed by atoms with E-state index in [2.05, 4.69) is 9.71 Å². The third-order valence-corrected chi connectivity index (χ3v) is 4.80. The lowest BCUT2D eigenvalue weighted by atomic mass is 10.4. The third kappa shape index (κ3) is 1.81. The summed E-state index contributed by atoms with van der Waals surface area (Å²) in [5.41, 5.74) is -0.0920. The van der Waals surface area contributed by atoms with Crippen LogP contribution in [0.25, 0.3) is 0 Å². The molecule has 82 valence electrons. The molecule has 0 aromatic carbocycles. The van der Waals surface area contributed by atoms with E-state index in [-0.39, 0.29) is 5.69 Å². The van der Waals surface area contributed by atoms with Gasteiger partial charge in [-0.1, -0.05) is 0 Å². The number of sulfonamides is 1. The Balaban J connectivity index is 2.27. The molecule has 0 saturated heterocycles. The Morgan fingerprint density at radius 2 is 2.20 bits per heavy atom. The van der Waals surface area contributed by atoms with E-state index < -0.39 is 20.7 Å². The minimum Gasteiger partial charge on any atom is -0.278 e. The highest BCUT2D eigenvalue weighted by molar-refractivity contribution is 7.94. The van der Waals surface area contributed by atoms with Gasteiger partial charge in [0.15, 0.2) is 0 Å². The van der Waals surface area contributed by atoms with Gasteiger partial charge in [-0.05, 0) is 31.9 Å². The van der Waals surface area contributed by atoms with Crippen LogP contribution in [-0.4, -0.2) is 18.1 Å². The lowest BCUT2D eigenvalue weighted by molar-refractivity contribution is 0.578. The van der Waals surface area contributed by atoms with E-state index in [1.807, 2.05) is 0 Å². The van der Waals surface area contributed by atoms with Gasteiger partial charge in [-0.25, -0.2) is 13.4 Å². The Kier molecular flexibility index (Phi) is 2.18. The molecule has 1 saturated carbocycles. The molecule has 0 atom stereocenters. The van der Waals surface area contributed by atoms with Crippen molar-refractivity contribution < 1.29 is 12.8 Å². The average Bonchev–Trinajstić information content (AvgIpc) is 2.89. The second kappa shape index (κ2) is 3.16. The molecular formula is C9H11FN2O2S. The number of nitrogens with zero attached hydrogens (tertiary/aromatic N) is 1. The minimum atomic E-state index is -3.49. The van der Waals surface area contributed by atoms with Gasteiger partial charge in [0.2, 0.25) is 16.0 Å². The first-order chi connectivity index (χ1) is 6.95. The quantitative estimate of drug-likeness (QED) is 0.801. The zero-order valence-electron chi connectivity index (χ0n) is 8.20. The van der Waals surface area contributed by atoms with Crippen LogP contribution < -0.4 is 4.72 Å². The molecule has 1 heterocycles. The standard InChI is InChI=1S/C9H11FN2O2S/c1-9(4-5-9)15(13,14)12-7-3-2-6-11-8(7)10/h2-3,6,12H,4-5H2,1H3. The van der Waals surface area contributed by atoms with Gasteiger partial charge < -0.3 is 0 Å². The molecule has 1 aromatic heterocycles. The molecule has 1 fully saturated rings. The molecule has 1 aliphatic carbocycles. The van der Waals surface area contributed by atoms with E-state index in [4.69, 9.17) is 0 Å². The van der Waals surface area contributed by atoms with Gasteiger partial charge in [-0.3, -0.25) is 4.72 Å². The van der Waals surface area contributed by atoms with E-state index in [0.717, 1.165) is 0 Å². The predicted molar refractivity (Wildman–Crippen MR) is 54.4 cm³/mol. The summed E-state index contributed by atoms with van der Waals surface area (Å²) in [7, 11) is -3.49. The van der Waals surface area contributed by atoms with Gasteiger partial charge in [0.05, 0.1) is 4.75 Å². The van der Waals surface area contributed by atoms with Crippen molar-refractivity contribution in [1.29, 1.82) is 0 Å². The van der Waals surface area contributed by atoms with Crippen molar-refractivity contribution in [3.05, 3.63) is 24.3 Å². The Labute approximate surface area is 87.6 Å². The molecule has 0 radical (unpaired) electrons. The van der Waals surface area contributed by atoms with Crippen LogP contribution in [0.1, 0.15) is 19.8 Å². The van der Waals surface area contributed by atoms with Crippen LogP contribution in [0.15, 0.2) is 18.3 Å². The van der Waals surface area contributed by atoms with Gasteiger partial charge in [-0.15, -0.1) is 0 Å². The first-order valence-electron chi connectivity index (χ1n) is 4.57. The molecule has 0 bridgehead atoms. The minimum absolute atomic E-state index is 0.0920. The highest BCUT2D eigenvalue weighted by Crippen LogP contribution is 2.43. The third-order valence-electron chi connectivity index (χ3n) is 2.61. The second-order valence-corrected chi connectivity index (χ2v) is 6.09. The molecule has 1 aliphatic rings. The maximum atomic E-state index is 13.1. The fraction of sp³-hybridized carbons (Fsp3) is 0.444. The van der Waals surface area contributed by atoms with Crippen LogP contribution in [-0.2, 0) is 10.0 Å². The summed E-state index contributed by atoms with van der Waals surface area (Å²) in [6, 6.07) is 2.84. The average molecular weight is 230 g/mol. The molecule has 1 N–H and O–H groups in total. The van der Waals surface area contributed by atoms with Gasteiger partial charge in [0.1, 0.15) is 5.69 Å². The van der Waals surface area contributed by atoms with Gasteiger partial charge in [0, 0.05) is 6.20 Å². The fourth-order valence-electron chi connectivity index (χ4n) is 1.17. The number of rotatable bonds is 3. The Morgan fingerprint density at radius 3 is 2.73 bits per heavy atom. The Morgan fingerprint density at radius 1 is 1.53 bits per heavy atom. The first-order valence-corrected chi connectivity index (χ1v) is 6.06. The van der Waals surface area contributed by atoms with E-state index in [9.17, 15) is 12.8 Å². The molecule has 0 spiro atoms. The van der Waals surface area contributed by atoms with Crippen molar-refractivity contribution in [3.63, 3.8) is 0 Å². The fourth-order valence-corrected chi connectivity index (χ4v) is 2.50. The van der Waals surface area contributed by atoms with E-state index in [1.165, 1.54) is 18.3 Å². The Hall–Kier alpha value is -1.17. The van der Waals surface area contributed by atoms with Crippen LogP contribution in [0.3, 0.4) is 0 Å². The summed E-state index contributed by atoms with van der Waals surface area (Å²) in [6.45, 7) is 1.64. The highest BCUT2D eigenvalue weighted by Gasteiger charge is 2.50. The summed E-state index contributed by atoms with van der Waals surface area (Å²) in [6.07, 6.45) is 2.50. The number of hydrogen-bond acceptors (Lipinski definition) is 3. The molecular weight excluding hydrogens is 219 g/mol. The smallest absolute Gasteiger partial charge is 0.238 e. The van der Waals surface area contributed by atoms with E-state index in [1.54, 1.807) is 6.92 Å². The topological polar surface area (TPSA) is 59.1 Å². The van der Waals surface area contributed by atoms with Crippen molar-refractivity contribution >= 4 is 15.7 Å². The highest BCUT2D eigenvalue weighted by atomic mass is 32.2. The van der Waals surface area contributed by atoms with Crippen molar-refractivity contribution in [2.75, 3.05) is 4.72 Å². The maximum absolute atomic E-state index is 13.1. The number of nitrogens with one attached hydrogen (secondary N) is 1. The normalized spacial score (nSPS) is 18.5. The number of aromatic nitrogens is 1.